The smallest absolute Gasteiger partial charge is 0.289 e. The first-order valence-corrected chi connectivity index (χ1v) is 9.98. The van der Waals surface area contributed by atoms with Gasteiger partial charge in [-0.05, 0) is 67.2 Å². The molecule has 0 amide bonds. The molecule has 4 rings (SSSR count). The van der Waals surface area contributed by atoms with Gasteiger partial charge in [0.05, 0.1) is 0 Å². The second-order valence-electron chi connectivity index (χ2n) is 6.54. The van der Waals surface area contributed by atoms with Gasteiger partial charge >= 0.3 is 0 Å². The van der Waals surface area contributed by atoms with E-state index in [1.165, 1.54) is 0 Å². The normalized spacial score (nSPS) is 15.3. The number of rotatable bonds is 5. The summed E-state index contributed by atoms with van der Waals surface area (Å²) in [6, 6.07) is 29.0. The Balaban J connectivity index is 1.60. The Labute approximate surface area is 176 Å². The van der Waals surface area contributed by atoms with Crippen LogP contribution in [0.15, 0.2) is 90.7 Å². The summed E-state index contributed by atoms with van der Waals surface area (Å²) in [5.41, 5.74) is 4.33. The molecule has 0 N–H and O–H groups in total. The largest absolute Gasteiger partial charge is 0.432 e. The Morgan fingerprint density at radius 1 is 0.862 bits per heavy atom. The highest BCUT2D eigenvalue weighted by Gasteiger charge is 2.19. The summed E-state index contributed by atoms with van der Waals surface area (Å²) < 4.78 is 5.69. The molecule has 29 heavy (non-hydrogen) atoms. The van der Waals surface area contributed by atoms with Gasteiger partial charge in [-0.25, -0.2) is 5.06 Å². The second kappa shape index (κ2) is 8.90. The summed E-state index contributed by atoms with van der Waals surface area (Å²) in [7, 11) is 0. The van der Waals surface area contributed by atoms with E-state index in [-0.39, 0.29) is 0 Å². The molecule has 0 atom stereocenters. The summed E-state index contributed by atoms with van der Waals surface area (Å²) in [6.45, 7) is 3.00. The summed E-state index contributed by atoms with van der Waals surface area (Å²) in [6.07, 6.45) is 1.96. The van der Waals surface area contributed by atoms with Gasteiger partial charge in [0.2, 0.25) is 0 Å². The third-order valence-corrected chi connectivity index (χ3v) is 4.87. The number of benzene rings is 3. The molecule has 1 saturated heterocycles. The Kier molecular flexibility index (Phi) is 5.89. The van der Waals surface area contributed by atoms with Gasteiger partial charge in [0, 0.05) is 23.6 Å². The van der Waals surface area contributed by atoms with Crippen LogP contribution in [0, 0.1) is 0 Å². The van der Waals surface area contributed by atoms with Crippen molar-refractivity contribution in [1.82, 2.24) is 5.06 Å². The molecule has 1 aliphatic rings. The van der Waals surface area contributed by atoms with Crippen molar-refractivity contribution in [1.29, 1.82) is 0 Å². The first-order valence-electron chi connectivity index (χ1n) is 9.58. The predicted octanol–water partition coefficient (Wildman–Crippen LogP) is 6.07. The van der Waals surface area contributed by atoms with E-state index in [1.807, 2.05) is 49.4 Å². The van der Waals surface area contributed by atoms with Gasteiger partial charge in [-0.15, -0.1) is 0 Å². The molecule has 4 nitrogen and oxygen atoms in total. The third kappa shape index (κ3) is 4.47. The highest BCUT2D eigenvalue weighted by Crippen LogP contribution is 2.34. The topological polar surface area (TPSA) is 24.9 Å². The van der Waals surface area contributed by atoms with Crippen molar-refractivity contribution in [3.8, 4) is 0 Å². The molecule has 0 radical (unpaired) electrons. The average molecular weight is 403 g/mol. The van der Waals surface area contributed by atoms with E-state index in [2.05, 4.69) is 53.4 Å². The zero-order valence-electron chi connectivity index (χ0n) is 16.2. The minimum absolute atomic E-state index is 0.348. The first-order chi connectivity index (χ1) is 14.2. The molecule has 3 aromatic carbocycles. The summed E-state index contributed by atoms with van der Waals surface area (Å²) in [5, 5.41) is 1.92. The van der Waals surface area contributed by atoms with Gasteiger partial charge in [0.25, 0.3) is 5.17 Å². The fourth-order valence-electron chi connectivity index (χ4n) is 3.19. The number of para-hydroxylation sites is 2. The predicted molar refractivity (Wildman–Crippen MR) is 121 cm³/mol. The maximum atomic E-state index is 5.69. The maximum Gasteiger partial charge on any atom is 0.289 e. The molecule has 0 saturated carbocycles. The molecule has 5 heteroatoms. The number of anilines is 3. The molecule has 1 fully saturated rings. The van der Waals surface area contributed by atoms with Gasteiger partial charge in [-0.2, -0.15) is 0 Å². The van der Waals surface area contributed by atoms with Crippen LogP contribution >= 0.6 is 12.2 Å². The molecule has 0 aromatic heterocycles. The van der Waals surface area contributed by atoms with Crippen LogP contribution in [0.25, 0.3) is 6.08 Å². The molecule has 1 heterocycles. The van der Waals surface area contributed by atoms with Gasteiger partial charge in [0.1, 0.15) is 12.4 Å². The molecule has 146 valence electrons. The van der Waals surface area contributed by atoms with Gasteiger partial charge < -0.3 is 9.64 Å². The van der Waals surface area contributed by atoms with Crippen molar-refractivity contribution in [3.63, 3.8) is 0 Å². The number of hydrogen-bond acceptors (Lipinski definition) is 4. The zero-order chi connectivity index (χ0) is 20.1. The maximum absolute atomic E-state index is 5.69. The lowest BCUT2D eigenvalue weighted by Crippen LogP contribution is -2.36. The molecule has 0 bridgehead atoms. The van der Waals surface area contributed by atoms with Crippen LogP contribution in [0.3, 0.4) is 0 Å². The Morgan fingerprint density at radius 3 is 1.93 bits per heavy atom. The van der Waals surface area contributed by atoms with E-state index in [9.17, 15) is 0 Å². The van der Waals surface area contributed by atoms with Crippen LogP contribution < -0.4 is 4.90 Å². The first kappa shape index (κ1) is 19.2. The molecular formula is C24H22N2O2S. The molecule has 0 unspecified atom stereocenters. The van der Waals surface area contributed by atoms with E-state index < -0.39 is 0 Å². The van der Waals surface area contributed by atoms with Crippen molar-refractivity contribution in [2.24, 2.45) is 0 Å². The van der Waals surface area contributed by atoms with Crippen LogP contribution in [-0.2, 0) is 9.57 Å². The highest BCUT2D eigenvalue weighted by molar-refractivity contribution is 7.80. The minimum Gasteiger partial charge on any atom is -0.432 e. The van der Waals surface area contributed by atoms with Gasteiger partial charge in [-0.1, -0.05) is 48.5 Å². The lowest BCUT2D eigenvalue weighted by Gasteiger charge is -2.28. The molecule has 0 aliphatic carbocycles. The van der Waals surface area contributed by atoms with Crippen molar-refractivity contribution in [2.45, 2.75) is 6.92 Å². The molecular weight excluding hydrogens is 380 g/mol. The molecule has 0 spiro atoms. The monoisotopic (exact) mass is 402 g/mol. The van der Waals surface area contributed by atoms with Crippen molar-refractivity contribution >= 4 is 40.5 Å². The summed E-state index contributed by atoms with van der Waals surface area (Å²) in [5.74, 6) is 0.704. The fraction of sp³-hybridized carbons (Fsp3) is 0.125. The Hall–Kier alpha value is -3.15. The number of hydrogen-bond donors (Lipinski definition) is 0. The SMILES string of the molecule is CCN1OC/C(=C\c2ccc(N(c3ccccc3)c3ccccc3)cc2)OC1=S. The molecule has 1 aliphatic heterocycles. The highest BCUT2D eigenvalue weighted by atomic mass is 32.1. The minimum atomic E-state index is 0.348. The van der Waals surface area contributed by atoms with E-state index in [0.29, 0.717) is 24.1 Å². The summed E-state index contributed by atoms with van der Waals surface area (Å²) in [4.78, 5) is 7.82. The van der Waals surface area contributed by atoms with E-state index in [0.717, 1.165) is 22.6 Å². The number of thiocarbonyl (C=S) groups is 1. The second-order valence-corrected chi connectivity index (χ2v) is 6.89. The summed E-state index contributed by atoms with van der Waals surface area (Å²) >= 11 is 5.21. The quantitative estimate of drug-likeness (QED) is 0.483. The molecule has 3 aromatic rings. The van der Waals surface area contributed by atoms with Gasteiger partial charge in [0.15, 0.2) is 0 Å². The van der Waals surface area contributed by atoms with E-state index in [1.54, 1.807) is 5.06 Å². The Bertz CT molecular complexity index is 949. The Morgan fingerprint density at radius 2 is 1.41 bits per heavy atom. The van der Waals surface area contributed by atoms with E-state index >= 15 is 0 Å². The lowest BCUT2D eigenvalue weighted by molar-refractivity contribution is -0.126. The van der Waals surface area contributed by atoms with Crippen molar-refractivity contribution < 1.29 is 9.57 Å². The van der Waals surface area contributed by atoms with Crippen LogP contribution in [0.2, 0.25) is 0 Å². The average Bonchev–Trinajstić information content (AvgIpc) is 2.77. The number of ether oxygens (including phenoxy) is 1. The van der Waals surface area contributed by atoms with Crippen LogP contribution in [-0.4, -0.2) is 23.4 Å². The van der Waals surface area contributed by atoms with Crippen LogP contribution in [0.5, 0.6) is 0 Å². The zero-order valence-corrected chi connectivity index (χ0v) is 17.0. The fourth-order valence-corrected chi connectivity index (χ4v) is 3.47. The van der Waals surface area contributed by atoms with Crippen LogP contribution in [0.4, 0.5) is 17.1 Å². The third-order valence-electron chi connectivity index (χ3n) is 4.58. The lowest BCUT2D eigenvalue weighted by atomic mass is 10.1. The van der Waals surface area contributed by atoms with Gasteiger partial charge in [-0.3, -0.25) is 4.84 Å². The number of nitrogens with zero attached hydrogens (tertiary/aromatic N) is 2. The van der Waals surface area contributed by atoms with Crippen LogP contribution in [0.1, 0.15) is 12.5 Å². The number of hydroxylamine groups is 2. The van der Waals surface area contributed by atoms with E-state index in [4.69, 9.17) is 21.8 Å². The van der Waals surface area contributed by atoms with Crippen molar-refractivity contribution in [3.05, 3.63) is 96.3 Å². The van der Waals surface area contributed by atoms with Crippen molar-refractivity contribution in [2.75, 3.05) is 18.1 Å². The standard InChI is InChI=1S/C24H22N2O2S/c1-2-25-24(29)28-23(18-27-25)17-19-13-15-22(16-14-19)26(20-9-5-3-6-10-20)21-11-7-4-8-12-21/h3-17H,2,18H2,1H3/b23-17+.